The lowest BCUT2D eigenvalue weighted by atomic mass is 9.97. The van der Waals surface area contributed by atoms with Crippen LogP contribution in [0.25, 0.3) is 0 Å². The van der Waals surface area contributed by atoms with Gasteiger partial charge in [0.2, 0.25) is 0 Å². The van der Waals surface area contributed by atoms with E-state index in [4.69, 9.17) is 49.2 Å². The van der Waals surface area contributed by atoms with E-state index in [-0.39, 0.29) is 30.6 Å². The first-order valence-electron chi connectivity index (χ1n) is 20.2. The van der Waals surface area contributed by atoms with Crippen LogP contribution in [0.15, 0.2) is 146 Å². The van der Waals surface area contributed by atoms with Gasteiger partial charge in [0.1, 0.15) is 11.5 Å². The molecule has 2 heterocycles. The molecule has 320 valence electrons. The molecule has 0 bridgehead atoms. The van der Waals surface area contributed by atoms with Gasteiger partial charge in [-0.25, -0.2) is 23.6 Å². The van der Waals surface area contributed by atoms with Crippen LogP contribution in [0.5, 0.6) is 11.5 Å². The molecule has 14 heteroatoms. The second-order valence-electron chi connectivity index (χ2n) is 15.0. The third-order valence-corrected chi connectivity index (χ3v) is 11.6. The highest BCUT2D eigenvalue weighted by Crippen LogP contribution is 2.45. The minimum absolute atomic E-state index is 0.169. The summed E-state index contributed by atoms with van der Waals surface area (Å²) in [5.41, 5.74) is 6.62. The van der Waals surface area contributed by atoms with Gasteiger partial charge in [-0.05, 0) is 76.2 Å². The van der Waals surface area contributed by atoms with Crippen LogP contribution < -0.4 is 14.8 Å². The summed E-state index contributed by atoms with van der Waals surface area (Å²) in [5.74, 6) is -1.41. The van der Waals surface area contributed by atoms with E-state index in [1.165, 1.54) is 0 Å². The second kappa shape index (κ2) is 19.7. The molecule has 2 aliphatic rings. The van der Waals surface area contributed by atoms with Crippen LogP contribution in [0.3, 0.4) is 0 Å². The minimum Gasteiger partial charge on any atom is -0.482 e. The van der Waals surface area contributed by atoms with Crippen molar-refractivity contribution in [1.82, 2.24) is 19.5 Å². The van der Waals surface area contributed by atoms with Gasteiger partial charge in [-0.3, -0.25) is 0 Å². The monoisotopic (exact) mass is 902 g/mol. The predicted molar refractivity (Wildman–Crippen MR) is 239 cm³/mol. The summed E-state index contributed by atoms with van der Waals surface area (Å²) in [6, 6.07) is 42.5. The maximum absolute atomic E-state index is 13.9. The van der Waals surface area contributed by atoms with Gasteiger partial charge in [-0.1, -0.05) is 132 Å². The number of carbonyl (C=O) groups is 4. The number of rotatable bonds is 13. The first kappa shape index (κ1) is 43.1. The molecule has 8 rings (SSSR count). The number of hydrogen-bond donors (Lipinski definition) is 1. The molecule has 63 heavy (non-hydrogen) atoms. The van der Waals surface area contributed by atoms with Crippen molar-refractivity contribution in [1.29, 1.82) is 0 Å². The lowest BCUT2D eigenvalue weighted by molar-refractivity contribution is -0.162. The molecule has 2 aliphatic heterocycles. The maximum atomic E-state index is 13.9. The third kappa shape index (κ3) is 10.1. The van der Waals surface area contributed by atoms with Crippen molar-refractivity contribution >= 4 is 59.0 Å². The van der Waals surface area contributed by atoms with Gasteiger partial charge in [0.15, 0.2) is 13.2 Å². The van der Waals surface area contributed by atoms with Crippen LogP contribution >= 0.6 is 35.0 Å². The molecule has 6 aromatic carbocycles. The fourth-order valence-electron chi connectivity index (χ4n) is 8.01. The summed E-state index contributed by atoms with van der Waals surface area (Å²) in [5, 5.41) is 3.83. The summed E-state index contributed by atoms with van der Waals surface area (Å²) in [4.78, 5) is 57.2. The number of fused-ring (bicyclic) bond motifs is 2. The largest absolute Gasteiger partial charge is 0.482 e. The molecule has 0 saturated carbocycles. The quantitative estimate of drug-likeness (QED) is 0.0697. The summed E-state index contributed by atoms with van der Waals surface area (Å²) >= 11 is 19.6. The van der Waals surface area contributed by atoms with E-state index in [0.29, 0.717) is 40.7 Å². The lowest BCUT2D eigenvalue weighted by Gasteiger charge is -2.30. The molecule has 0 radical (unpaired) electrons. The topological polar surface area (TPSA) is 118 Å². The molecule has 4 amide bonds. The molecule has 0 saturated heterocycles. The fourth-order valence-corrected chi connectivity index (χ4v) is 8.61. The second-order valence-corrected chi connectivity index (χ2v) is 16.3. The van der Waals surface area contributed by atoms with E-state index in [9.17, 15) is 19.2 Å². The van der Waals surface area contributed by atoms with E-state index in [0.717, 1.165) is 37.8 Å². The highest BCUT2D eigenvalue weighted by molar-refractivity contribution is 6.31. The van der Waals surface area contributed by atoms with Crippen LogP contribution in [0.1, 0.15) is 56.6 Å². The summed E-state index contributed by atoms with van der Waals surface area (Å²) < 4.78 is 18.2. The molecule has 1 N–H and O–H groups in total. The number of amides is 4. The molecule has 0 fully saturated rings. The van der Waals surface area contributed by atoms with E-state index < -0.39 is 43.3 Å². The Morgan fingerprint density at radius 1 is 0.587 bits per heavy atom. The van der Waals surface area contributed by atoms with Gasteiger partial charge in [0, 0.05) is 52.6 Å². The van der Waals surface area contributed by atoms with Crippen molar-refractivity contribution in [3.63, 3.8) is 0 Å². The normalized spacial score (nSPS) is 15.0. The van der Waals surface area contributed by atoms with E-state index in [1.54, 1.807) is 46.2 Å². The third-order valence-electron chi connectivity index (χ3n) is 10.9. The van der Waals surface area contributed by atoms with Gasteiger partial charge in [-0.2, -0.15) is 0 Å². The standard InChI is InChI=1S/C49H41Cl3N4O7/c50-36-19-21-42(40(25-36)46-38-17-9-7-15-34(38)28-54(46)48(59)53-24-23-32-11-3-1-4-12-32)61-30-44(57)63-45(58)31-62-43-22-20-37(51)26-41(43)47-39-18-10-8-16-35(39)29-55(47)49(60)56(52)27-33-13-5-2-6-14-33/h1-22,25-26,46-47H,23-24,27-31H2,(H,53,59). The predicted octanol–water partition coefficient (Wildman–Crippen LogP) is 10.1. The van der Waals surface area contributed by atoms with E-state index in [1.807, 2.05) is 109 Å². The molecular weight excluding hydrogens is 863 g/mol. The van der Waals surface area contributed by atoms with Crippen molar-refractivity contribution in [3.05, 3.63) is 200 Å². The van der Waals surface area contributed by atoms with E-state index >= 15 is 0 Å². The summed E-state index contributed by atoms with van der Waals surface area (Å²) in [7, 11) is 0. The highest BCUT2D eigenvalue weighted by Gasteiger charge is 2.39. The highest BCUT2D eigenvalue weighted by atomic mass is 35.5. The first-order valence-corrected chi connectivity index (χ1v) is 21.3. The number of nitrogens with zero attached hydrogens (tertiary/aromatic N) is 3. The van der Waals surface area contributed by atoms with Crippen LogP contribution in [0.4, 0.5) is 9.59 Å². The van der Waals surface area contributed by atoms with Gasteiger partial charge in [0.25, 0.3) is 0 Å². The number of hydrogen-bond acceptors (Lipinski definition) is 7. The number of halogens is 3. The zero-order chi connectivity index (χ0) is 43.9. The van der Waals surface area contributed by atoms with Gasteiger partial charge < -0.3 is 29.3 Å². The first-order chi connectivity index (χ1) is 30.6. The Labute approximate surface area is 379 Å². The van der Waals surface area contributed by atoms with Crippen LogP contribution in [0.2, 0.25) is 10.0 Å². The number of esters is 2. The summed E-state index contributed by atoms with van der Waals surface area (Å²) in [6.45, 7) is -0.0590. The SMILES string of the molecule is O=C(COc1ccc(Cl)cc1C1c2ccccc2CN1C(=O)NCCc1ccccc1)OC(=O)COc1ccc(Cl)cc1C1c2ccccc2CN1C(=O)N(Cl)Cc1ccccc1. The number of urea groups is 2. The van der Waals surface area contributed by atoms with Gasteiger partial charge in [-0.15, -0.1) is 0 Å². The number of ether oxygens (including phenoxy) is 3. The summed E-state index contributed by atoms with van der Waals surface area (Å²) in [6.07, 6.45) is 0.661. The Kier molecular flexibility index (Phi) is 13.5. The van der Waals surface area contributed by atoms with Crippen LogP contribution in [-0.2, 0) is 40.4 Å². The zero-order valence-corrected chi connectivity index (χ0v) is 36.1. The number of carbonyl (C=O) groups excluding carboxylic acids is 4. The smallest absolute Gasteiger partial charge is 0.351 e. The van der Waals surface area contributed by atoms with Crippen molar-refractivity contribution in [2.24, 2.45) is 0 Å². The Morgan fingerprint density at radius 2 is 1.06 bits per heavy atom. The molecule has 0 aliphatic carbocycles. The van der Waals surface area contributed by atoms with E-state index in [2.05, 4.69) is 5.32 Å². The van der Waals surface area contributed by atoms with Crippen molar-refractivity contribution in [3.8, 4) is 11.5 Å². The molecule has 0 spiro atoms. The Hall–Kier alpha value is -6.53. The lowest BCUT2D eigenvalue weighted by Crippen LogP contribution is -2.40. The average Bonchev–Trinajstić information content (AvgIpc) is 3.88. The number of benzene rings is 6. The van der Waals surface area contributed by atoms with Crippen LogP contribution in [-0.4, -0.2) is 58.0 Å². The maximum Gasteiger partial charge on any atom is 0.351 e. The Morgan fingerprint density at radius 3 is 1.62 bits per heavy atom. The van der Waals surface area contributed by atoms with Crippen LogP contribution in [0, 0.1) is 0 Å². The molecule has 2 atom stereocenters. The van der Waals surface area contributed by atoms with Gasteiger partial charge in [0.05, 0.1) is 18.6 Å². The minimum atomic E-state index is -0.974. The van der Waals surface area contributed by atoms with Crippen molar-refractivity contribution in [2.75, 3.05) is 19.8 Å². The Bertz CT molecular complexity index is 2630. The zero-order valence-electron chi connectivity index (χ0n) is 33.8. The molecule has 11 nitrogen and oxygen atoms in total. The van der Waals surface area contributed by atoms with Gasteiger partial charge >= 0.3 is 24.0 Å². The molecule has 2 unspecified atom stereocenters. The van der Waals surface area contributed by atoms with Crippen molar-refractivity contribution < 1.29 is 33.4 Å². The average molecular weight is 904 g/mol. The fraction of sp³-hybridized carbons (Fsp3) is 0.184. The van der Waals surface area contributed by atoms with Crippen molar-refractivity contribution in [2.45, 2.75) is 38.1 Å². The molecule has 0 aromatic heterocycles. The number of nitrogens with one attached hydrogen (secondary N) is 1. The molecule has 6 aromatic rings. The molecular formula is C49H41Cl3N4O7. The Balaban J connectivity index is 0.932.